The molecule has 0 radical (unpaired) electrons. The maximum atomic E-state index is 6.16. The maximum Gasteiger partial charge on any atom is 0.192 e. The van der Waals surface area contributed by atoms with Crippen LogP contribution < -0.4 is 10.5 Å². The second-order valence-electron chi connectivity index (χ2n) is 5.08. The summed E-state index contributed by atoms with van der Waals surface area (Å²) in [6.07, 6.45) is 0. The number of nitrogens with two attached hydrogens (primary N) is 1. The molecule has 6 heteroatoms. The molecule has 3 aromatic heterocycles. The molecule has 23 heavy (non-hydrogen) atoms. The van der Waals surface area contributed by atoms with E-state index in [-0.39, 0.29) is 0 Å². The zero-order valence-electron chi connectivity index (χ0n) is 12.4. The Morgan fingerprint density at radius 3 is 2.61 bits per heavy atom. The lowest BCUT2D eigenvalue weighted by atomic mass is 10.1. The van der Waals surface area contributed by atoms with Gasteiger partial charge in [0.1, 0.15) is 11.6 Å². The quantitative estimate of drug-likeness (QED) is 0.624. The van der Waals surface area contributed by atoms with E-state index in [0.29, 0.717) is 11.6 Å². The van der Waals surface area contributed by atoms with Crippen molar-refractivity contribution in [1.82, 2.24) is 14.6 Å². The van der Waals surface area contributed by atoms with Crippen LogP contribution in [-0.2, 0) is 0 Å². The van der Waals surface area contributed by atoms with Crippen molar-refractivity contribution >= 4 is 22.8 Å². The van der Waals surface area contributed by atoms with E-state index in [2.05, 4.69) is 10.1 Å². The fraction of sp³-hybridized carbons (Fsp3) is 0.0588. The molecule has 0 unspecified atom stereocenters. The first-order valence-corrected chi connectivity index (χ1v) is 7.97. The Hall–Kier alpha value is -2.86. The number of rotatable bonds is 3. The number of anilines is 1. The molecule has 4 rings (SSSR count). The van der Waals surface area contributed by atoms with E-state index in [1.165, 1.54) is 0 Å². The van der Waals surface area contributed by atoms with Crippen molar-refractivity contribution in [3.05, 3.63) is 53.9 Å². The van der Waals surface area contributed by atoms with Crippen LogP contribution in [-0.4, -0.2) is 21.7 Å². The Labute approximate surface area is 137 Å². The highest BCUT2D eigenvalue weighted by Crippen LogP contribution is 2.27. The number of thiophene rings is 1. The van der Waals surface area contributed by atoms with Crippen molar-refractivity contribution in [2.75, 3.05) is 12.8 Å². The zero-order chi connectivity index (χ0) is 15.8. The molecule has 0 aliphatic heterocycles. The fourth-order valence-corrected chi connectivity index (χ4v) is 3.12. The van der Waals surface area contributed by atoms with Gasteiger partial charge in [0.15, 0.2) is 11.5 Å². The molecule has 1 aromatic carbocycles. The van der Waals surface area contributed by atoms with Crippen LogP contribution >= 0.6 is 11.3 Å². The summed E-state index contributed by atoms with van der Waals surface area (Å²) in [6, 6.07) is 15.7. The van der Waals surface area contributed by atoms with Crippen LogP contribution in [0.1, 0.15) is 0 Å². The first-order chi connectivity index (χ1) is 11.2. The molecule has 2 N–H and O–H groups in total. The number of methoxy groups -OCH3 is 1. The van der Waals surface area contributed by atoms with Gasteiger partial charge in [0.25, 0.3) is 0 Å². The molecule has 5 nitrogen and oxygen atoms in total. The standard InChI is InChI=1S/C17H14N4OS/c1-22-13-6-4-11(5-7-13)12-9-15(18)21-16(10-12)19-17(20-21)14-3-2-8-23-14/h2-10H,18H2,1H3. The van der Waals surface area contributed by atoms with Gasteiger partial charge in [-0.1, -0.05) is 18.2 Å². The molecule has 0 saturated carbocycles. The summed E-state index contributed by atoms with van der Waals surface area (Å²) in [5, 5.41) is 6.49. The van der Waals surface area contributed by atoms with Gasteiger partial charge in [-0.15, -0.1) is 16.4 Å². The van der Waals surface area contributed by atoms with Gasteiger partial charge in [0.2, 0.25) is 0 Å². The number of nitrogens with zero attached hydrogens (tertiary/aromatic N) is 3. The average Bonchev–Trinajstić information content (AvgIpc) is 3.24. The van der Waals surface area contributed by atoms with Gasteiger partial charge in [0.05, 0.1) is 12.0 Å². The Morgan fingerprint density at radius 1 is 1.09 bits per heavy atom. The van der Waals surface area contributed by atoms with E-state index in [4.69, 9.17) is 10.5 Å². The summed E-state index contributed by atoms with van der Waals surface area (Å²) in [7, 11) is 1.65. The number of hydrogen-bond donors (Lipinski definition) is 1. The van der Waals surface area contributed by atoms with E-state index >= 15 is 0 Å². The highest BCUT2D eigenvalue weighted by molar-refractivity contribution is 7.13. The molecule has 0 aliphatic carbocycles. The lowest BCUT2D eigenvalue weighted by molar-refractivity contribution is 0.415. The van der Waals surface area contributed by atoms with E-state index in [1.807, 2.05) is 53.9 Å². The lowest BCUT2D eigenvalue weighted by Crippen LogP contribution is -1.99. The molecule has 0 amide bonds. The van der Waals surface area contributed by atoms with Crippen molar-refractivity contribution in [3.8, 4) is 27.6 Å². The van der Waals surface area contributed by atoms with Gasteiger partial charge in [-0.2, -0.15) is 4.52 Å². The minimum Gasteiger partial charge on any atom is -0.497 e. The molecule has 0 atom stereocenters. The third kappa shape index (κ3) is 2.43. The van der Waals surface area contributed by atoms with Gasteiger partial charge >= 0.3 is 0 Å². The minimum absolute atomic E-state index is 0.559. The summed E-state index contributed by atoms with van der Waals surface area (Å²) < 4.78 is 6.86. The summed E-state index contributed by atoms with van der Waals surface area (Å²) in [4.78, 5) is 5.62. The van der Waals surface area contributed by atoms with Crippen molar-refractivity contribution in [2.45, 2.75) is 0 Å². The molecule has 0 fully saturated rings. The van der Waals surface area contributed by atoms with E-state index in [0.717, 1.165) is 27.4 Å². The van der Waals surface area contributed by atoms with Crippen LogP contribution in [0.15, 0.2) is 53.9 Å². The monoisotopic (exact) mass is 322 g/mol. The molecule has 3 heterocycles. The summed E-state index contributed by atoms with van der Waals surface area (Å²) in [6.45, 7) is 0. The predicted molar refractivity (Wildman–Crippen MR) is 92.7 cm³/mol. The van der Waals surface area contributed by atoms with Crippen LogP contribution in [0.4, 0.5) is 5.82 Å². The van der Waals surface area contributed by atoms with E-state index < -0.39 is 0 Å². The normalized spacial score (nSPS) is 11.0. The number of aromatic nitrogens is 3. The van der Waals surface area contributed by atoms with Crippen molar-refractivity contribution < 1.29 is 4.74 Å². The molecule has 114 valence electrons. The van der Waals surface area contributed by atoms with Gasteiger partial charge in [-0.3, -0.25) is 0 Å². The van der Waals surface area contributed by atoms with Gasteiger partial charge in [-0.25, -0.2) is 4.98 Å². The van der Waals surface area contributed by atoms with Gasteiger partial charge < -0.3 is 10.5 Å². The lowest BCUT2D eigenvalue weighted by Gasteiger charge is -2.06. The van der Waals surface area contributed by atoms with Gasteiger partial charge in [-0.05, 0) is 46.8 Å². The summed E-state index contributed by atoms with van der Waals surface area (Å²) in [5.41, 5.74) is 8.95. The number of ether oxygens (including phenoxy) is 1. The second kappa shape index (κ2) is 5.40. The number of nitrogen functional groups attached to an aromatic ring is 1. The van der Waals surface area contributed by atoms with Gasteiger partial charge in [0, 0.05) is 0 Å². The average molecular weight is 322 g/mol. The summed E-state index contributed by atoms with van der Waals surface area (Å²) >= 11 is 1.61. The first-order valence-electron chi connectivity index (χ1n) is 7.09. The molecular weight excluding hydrogens is 308 g/mol. The number of fused-ring (bicyclic) bond motifs is 1. The molecule has 0 bridgehead atoms. The fourth-order valence-electron chi connectivity index (χ4n) is 2.47. The predicted octanol–water partition coefficient (Wildman–Crippen LogP) is 3.72. The molecule has 0 aliphatic rings. The van der Waals surface area contributed by atoms with Crippen LogP contribution in [0.3, 0.4) is 0 Å². The zero-order valence-corrected chi connectivity index (χ0v) is 13.2. The van der Waals surface area contributed by atoms with Crippen LogP contribution in [0, 0.1) is 0 Å². The minimum atomic E-state index is 0.559. The summed E-state index contributed by atoms with van der Waals surface area (Å²) in [5.74, 6) is 2.08. The molecule has 0 saturated heterocycles. The van der Waals surface area contributed by atoms with E-state index in [1.54, 1.807) is 23.0 Å². The number of hydrogen-bond acceptors (Lipinski definition) is 5. The Bertz CT molecular complexity index is 958. The molecule has 0 spiro atoms. The highest BCUT2D eigenvalue weighted by Gasteiger charge is 2.11. The van der Waals surface area contributed by atoms with Crippen molar-refractivity contribution in [2.24, 2.45) is 0 Å². The topological polar surface area (TPSA) is 65.4 Å². The Kier molecular flexibility index (Phi) is 3.24. The Balaban J connectivity index is 1.82. The van der Waals surface area contributed by atoms with Crippen LogP contribution in [0.25, 0.3) is 27.5 Å². The maximum absolute atomic E-state index is 6.16. The SMILES string of the molecule is COc1ccc(-c2cc(N)n3nc(-c4cccs4)nc3c2)cc1. The second-order valence-corrected chi connectivity index (χ2v) is 6.03. The van der Waals surface area contributed by atoms with Crippen molar-refractivity contribution in [1.29, 1.82) is 0 Å². The smallest absolute Gasteiger partial charge is 0.192 e. The number of benzene rings is 1. The van der Waals surface area contributed by atoms with E-state index in [9.17, 15) is 0 Å². The third-order valence-electron chi connectivity index (χ3n) is 3.63. The van der Waals surface area contributed by atoms with Crippen LogP contribution in [0.5, 0.6) is 5.75 Å². The Morgan fingerprint density at radius 2 is 1.91 bits per heavy atom. The first kappa shape index (κ1) is 13.8. The van der Waals surface area contributed by atoms with Crippen LogP contribution in [0.2, 0.25) is 0 Å². The highest BCUT2D eigenvalue weighted by atomic mass is 32.1. The third-order valence-corrected chi connectivity index (χ3v) is 4.50. The number of pyridine rings is 1. The van der Waals surface area contributed by atoms with Crippen molar-refractivity contribution in [3.63, 3.8) is 0 Å². The largest absolute Gasteiger partial charge is 0.497 e. The molecular formula is C17H14N4OS. The molecule has 4 aromatic rings.